The Kier molecular flexibility index (Phi) is 4.71. The van der Waals surface area contributed by atoms with E-state index in [9.17, 15) is 0 Å². The fourth-order valence-electron chi connectivity index (χ4n) is 2.19. The molecule has 0 fully saturated rings. The van der Waals surface area contributed by atoms with Crippen LogP contribution in [0.4, 0.5) is 0 Å². The van der Waals surface area contributed by atoms with Crippen molar-refractivity contribution in [3.05, 3.63) is 52.3 Å². The molecule has 0 bridgehead atoms. The third kappa shape index (κ3) is 2.87. The Morgan fingerprint density at radius 1 is 1.37 bits per heavy atom. The van der Waals surface area contributed by atoms with E-state index in [2.05, 4.69) is 26.5 Å². The van der Waals surface area contributed by atoms with Gasteiger partial charge in [-0.2, -0.15) is 5.10 Å². The van der Waals surface area contributed by atoms with Crippen molar-refractivity contribution < 1.29 is 4.74 Å². The first-order chi connectivity index (χ1) is 9.19. The van der Waals surface area contributed by atoms with E-state index in [1.807, 2.05) is 37.4 Å². The summed E-state index contributed by atoms with van der Waals surface area (Å²) in [4.78, 5) is 0. The van der Waals surface area contributed by atoms with Crippen molar-refractivity contribution in [3.63, 3.8) is 0 Å². The molecule has 2 aromatic rings. The molecule has 3 N–H and O–H groups in total. The van der Waals surface area contributed by atoms with Gasteiger partial charge in [0.25, 0.3) is 0 Å². The largest absolute Gasteiger partial charge is 0.375 e. The number of nitrogens with zero attached hydrogens (tertiary/aromatic N) is 2. The number of hydrogen-bond donors (Lipinski definition) is 2. The van der Waals surface area contributed by atoms with Gasteiger partial charge in [-0.1, -0.05) is 30.3 Å². The van der Waals surface area contributed by atoms with Gasteiger partial charge >= 0.3 is 0 Å². The van der Waals surface area contributed by atoms with E-state index in [1.54, 1.807) is 18.0 Å². The molecule has 0 amide bonds. The molecule has 6 heteroatoms. The summed E-state index contributed by atoms with van der Waals surface area (Å²) in [6, 6.07) is 9.77. The van der Waals surface area contributed by atoms with Crippen LogP contribution in [0.3, 0.4) is 0 Å². The molecule has 0 saturated carbocycles. The highest BCUT2D eigenvalue weighted by Crippen LogP contribution is 2.34. The number of rotatable bonds is 5. The summed E-state index contributed by atoms with van der Waals surface area (Å²) in [5, 5.41) is 4.21. The predicted octanol–water partition coefficient (Wildman–Crippen LogP) is 2.07. The minimum absolute atomic E-state index is 0.196. The van der Waals surface area contributed by atoms with E-state index >= 15 is 0 Å². The molecule has 0 aliphatic heterocycles. The number of nitrogens with one attached hydrogen (secondary N) is 1. The van der Waals surface area contributed by atoms with Crippen LogP contribution in [0.2, 0.25) is 0 Å². The third-order valence-corrected chi connectivity index (χ3v) is 3.71. The van der Waals surface area contributed by atoms with Gasteiger partial charge < -0.3 is 4.74 Å². The highest BCUT2D eigenvalue weighted by atomic mass is 79.9. The normalized spacial score (nSPS) is 14.3. The van der Waals surface area contributed by atoms with Crippen LogP contribution >= 0.6 is 15.9 Å². The zero-order valence-electron chi connectivity index (χ0n) is 10.9. The molecule has 19 heavy (non-hydrogen) atoms. The van der Waals surface area contributed by atoms with E-state index < -0.39 is 0 Å². The standard InChI is InChI=1S/C13H17BrN4O/c1-18-12(10(14)8-16-18)11(17-15)13(19-2)9-6-4-3-5-7-9/h3-8,11,13,17H,15H2,1-2H3. The maximum Gasteiger partial charge on any atom is 0.104 e. The Morgan fingerprint density at radius 2 is 2.05 bits per heavy atom. The van der Waals surface area contributed by atoms with Crippen LogP contribution < -0.4 is 11.3 Å². The summed E-state index contributed by atoms with van der Waals surface area (Å²) in [6.07, 6.45) is 1.55. The Morgan fingerprint density at radius 3 is 2.53 bits per heavy atom. The Balaban J connectivity index is 2.40. The quantitative estimate of drug-likeness (QED) is 0.652. The van der Waals surface area contributed by atoms with Crippen LogP contribution in [0.15, 0.2) is 41.0 Å². The summed E-state index contributed by atoms with van der Waals surface area (Å²) >= 11 is 3.49. The van der Waals surface area contributed by atoms with Gasteiger partial charge in [0.1, 0.15) is 6.10 Å². The monoisotopic (exact) mass is 324 g/mol. The number of ether oxygens (including phenoxy) is 1. The number of hydrazine groups is 1. The average Bonchev–Trinajstić information content (AvgIpc) is 2.77. The second kappa shape index (κ2) is 6.29. The highest BCUT2D eigenvalue weighted by Gasteiger charge is 2.28. The van der Waals surface area contributed by atoms with Crippen molar-refractivity contribution in [3.8, 4) is 0 Å². The molecule has 102 valence electrons. The second-order valence-corrected chi connectivity index (χ2v) is 5.07. The number of hydrogen-bond acceptors (Lipinski definition) is 4. The second-order valence-electron chi connectivity index (χ2n) is 4.21. The topological polar surface area (TPSA) is 65.1 Å². The fourth-order valence-corrected chi connectivity index (χ4v) is 2.78. The Labute approximate surface area is 120 Å². The molecule has 1 aromatic heterocycles. The first-order valence-corrected chi connectivity index (χ1v) is 6.69. The SMILES string of the molecule is COC(c1ccccc1)C(NN)c1c(Br)cnn1C. The summed E-state index contributed by atoms with van der Waals surface area (Å²) in [7, 11) is 3.55. The molecule has 0 aliphatic rings. The van der Waals surface area contributed by atoms with Gasteiger partial charge in [-0.15, -0.1) is 0 Å². The van der Waals surface area contributed by atoms with Crippen LogP contribution in [0, 0.1) is 0 Å². The molecule has 0 aliphatic carbocycles. The molecule has 1 heterocycles. The Bertz CT molecular complexity index is 509. The average molecular weight is 325 g/mol. The van der Waals surface area contributed by atoms with E-state index in [0.717, 1.165) is 15.7 Å². The van der Waals surface area contributed by atoms with Gasteiger partial charge in [0.2, 0.25) is 0 Å². The van der Waals surface area contributed by atoms with Crippen LogP contribution in [0.1, 0.15) is 23.4 Å². The van der Waals surface area contributed by atoms with Crippen LogP contribution in [-0.2, 0) is 11.8 Å². The van der Waals surface area contributed by atoms with Crippen LogP contribution in [-0.4, -0.2) is 16.9 Å². The number of methoxy groups -OCH3 is 1. The lowest BCUT2D eigenvalue weighted by Crippen LogP contribution is -2.35. The molecule has 2 atom stereocenters. The lowest BCUT2D eigenvalue weighted by molar-refractivity contribution is 0.0647. The summed E-state index contributed by atoms with van der Waals surface area (Å²) in [6.45, 7) is 0. The van der Waals surface area contributed by atoms with Crippen molar-refractivity contribution in [2.75, 3.05) is 7.11 Å². The van der Waals surface area contributed by atoms with Crippen molar-refractivity contribution >= 4 is 15.9 Å². The number of nitrogens with two attached hydrogens (primary N) is 1. The highest BCUT2D eigenvalue weighted by molar-refractivity contribution is 9.10. The Hall–Kier alpha value is -1.21. The van der Waals surface area contributed by atoms with Gasteiger partial charge in [-0.3, -0.25) is 10.5 Å². The molecular formula is C13H17BrN4O. The molecule has 2 unspecified atom stereocenters. The zero-order chi connectivity index (χ0) is 13.8. The van der Waals surface area contributed by atoms with Gasteiger partial charge in [0.15, 0.2) is 0 Å². The van der Waals surface area contributed by atoms with Crippen molar-refractivity contribution in [2.24, 2.45) is 12.9 Å². The lowest BCUT2D eigenvalue weighted by Gasteiger charge is -2.26. The first-order valence-electron chi connectivity index (χ1n) is 5.90. The number of halogens is 1. The van der Waals surface area contributed by atoms with E-state index in [1.165, 1.54) is 0 Å². The molecule has 1 aromatic carbocycles. The van der Waals surface area contributed by atoms with E-state index in [0.29, 0.717) is 0 Å². The third-order valence-electron chi connectivity index (χ3n) is 3.10. The molecular weight excluding hydrogens is 308 g/mol. The summed E-state index contributed by atoms with van der Waals surface area (Å²) in [5.74, 6) is 5.72. The van der Waals surface area contributed by atoms with E-state index in [4.69, 9.17) is 10.6 Å². The predicted molar refractivity (Wildman–Crippen MR) is 77.2 cm³/mol. The summed E-state index contributed by atoms with van der Waals surface area (Å²) < 4.78 is 8.30. The van der Waals surface area contributed by atoms with Crippen molar-refractivity contribution in [2.45, 2.75) is 12.1 Å². The van der Waals surface area contributed by atoms with E-state index in [-0.39, 0.29) is 12.1 Å². The van der Waals surface area contributed by atoms with Gasteiger partial charge in [0, 0.05) is 14.2 Å². The fraction of sp³-hybridized carbons (Fsp3) is 0.308. The maximum absolute atomic E-state index is 5.72. The molecule has 2 rings (SSSR count). The first kappa shape index (κ1) is 14.2. The van der Waals surface area contributed by atoms with Gasteiger partial charge in [0.05, 0.1) is 22.4 Å². The maximum atomic E-state index is 5.72. The lowest BCUT2D eigenvalue weighted by atomic mass is 10.00. The van der Waals surface area contributed by atoms with Crippen molar-refractivity contribution in [1.82, 2.24) is 15.2 Å². The molecule has 0 spiro atoms. The number of aryl methyl sites for hydroxylation is 1. The van der Waals surface area contributed by atoms with Crippen molar-refractivity contribution in [1.29, 1.82) is 0 Å². The van der Waals surface area contributed by atoms with Gasteiger partial charge in [-0.25, -0.2) is 5.43 Å². The van der Waals surface area contributed by atoms with Crippen LogP contribution in [0.25, 0.3) is 0 Å². The zero-order valence-corrected chi connectivity index (χ0v) is 12.5. The molecule has 0 radical (unpaired) electrons. The number of aromatic nitrogens is 2. The molecule has 0 saturated heterocycles. The summed E-state index contributed by atoms with van der Waals surface area (Å²) in [5.41, 5.74) is 4.82. The van der Waals surface area contributed by atoms with Crippen LogP contribution in [0.5, 0.6) is 0 Å². The minimum Gasteiger partial charge on any atom is -0.375 e. The number of benzene rings is 1. The van der Waals surface area contributed by atoms with Gasteiger partial charge in [-0.05, 0) is 21.5 Å². The minimum atomic E-state index is -0.200. The molecule has 5 nitrogen and oxygen atoms in total. The smallest absolute Gasteiger partial charge is 0.104 e.